The lowest BCUT2D eigenvalue weighted by molar-refractivity contribution is 0.462. The molecule has 0 aliphatic rings. The lowest BCUT2D eigenvalue weighted by Gasteiger charge is -2.07. The summed E-state index contributed by atoms with van der Waals surface area (Å²) in [6.45, 7) is 0. The molecule has 0 aliphatic heterocycles. The highest BCUT2D eigenvalue weighted by atomic mass is 35.5. The van der Waals surface area contributed by atoms with Crippen molar-refractivity contribution in [1.29, 1.82) is 0 Å². The van der Waals surface area contributed by atoms with Gasteiger partial charge in [0.05, 0.1) is 11.2 Å². The van der Waals surface area contributed by atoms with Gasteiger partial charge >= 0.3 is 0 Å². The first-order chi connectivity index (χ1) is 8.06. The molecule has 7 heteroatoms. The van der Waals surface area contributed by atoms with Crippen LogP contribution in [0, 0.1) is 5.82 Å². The fourth-order valence-corrected chi connectivity index (χ4v) is 1.39. The van der Waals surface area contributed by atoms with E-state index in [9.17, 15) is 4.39 Å². The van der Waals surface area contributed by atoms with E-state index in [0.717, 1.165) is 0 Å². The fourth-order valence-electron chi connectivity index (χ4n) is 1.09. The van der Waals surface area contributed by atoms with Crippen LogP contribution in [0.4, 0.5) is 10.1 Å². The van der Waals surface area contributed by atoms with Crippen LogP contribution in [0.5, 0.6) is 11.6 Å². The molecule has 0 unspecified atom stereocenters. The lowest BCUT2D eigenvalue weighted by Crippen LogP contribution is -1.97. The number of benzene rings is 1. The van der Waals surface area contributed by atoms with Gasteiger partial charge in [0.25, 0.3) is 0 Å². The minimum Gasteiger partial charge on any atom is -0.437 e. The molecule has 2 N–H and O–H groups in total. The van der Waals surface area contributed by atoms with Crippen LogP contribution in [0.3, 0.4) is 0 Å². The van der Waals surface area contributed by atoms with Crippen LogP contribution in [-0.2, 0) is 0 Å². The third kappa shape index (κ3) is 2.75. The van der Waals surface area contributed by atoms with Crippen molar-refractivity contribution in [3.8, 4) is 11.6 Å². The molecule has 2 aromatic rings. The van der Waals surface area contributed by atoms with Crippen LogP contribution in [0.25, 0.3) is 0 Å². The monoisotopic (exact) mass is 273 g/mol. The molecule has 2 rings (SSSR count). The molecule has 0 amide bonds. The maximum atomic E-state index is 12.9. The first kappa shape index (κ1) is 11.9. The van der Waals surface area contributed by atoms with Crippen molar-refractivity contribution in [3.05, 3.63) is 40.5 Å². The maximum absolute atomic E-state index is 12.9. The van der Waals surface area contributed by atoms with Crippen molar-refractivity contribution in [2.45, 2.75) is 0 Å². The highest BCUT2D eigenvalue weighted by Gasteiger charge is 2.08. The minimum atomic E-state index is -0.535. The van der Waals surface area contributed by atoms with Crippen molar-refractivity contribution in [3.63, 3.8) is 0 Å². The third-order valence-corrected chi connectivity index (χ3v) is 2.33. The molecule has 17 heavy (non-hydrogen) atoms. The van der Waals surface area contributed by atoms with Gasteiger partial charge in [-0.25, -0.2) is 9.37 Å². The van der Waals surface area contributed by atoms with Crippen molar-refractivity contribution in [2.24, 2.45) is 0 Å². The molecule has 0 atom stereocenters. The molecule has 0 spiro atoms. The van der Waals surface area contributed by atoms with E-state index in [1.165, 1.54) is 24.4 Å². The van der Waals surface area contributed by atoms with E-state index in [2.05, 4.69) is 9.97 Å². The van der Waals surface area contributed by atoms with Crippen LogP contribution in [0.2, 0.25) is 10.3 Å². The average Bonchev–Trinajstić information content (AvgIpc) is 2.29. The molecule has 0 bridgehead atoms. The number of rotatable bonds is 2. The van der Waals surface area contributed by atoms with Crippen LogP contribution in [0.1, 0.15) is 0 Å². The highest BCUT2D eigenvalue weighted by molar-refractivity contribution is 6.30. The zero-order chi connectivity index (χ0) is 12.4. The van der Waals surface area contributed by atoms with Gasteiger partial charge in [-0.2, -0.15) is 4.98 Å². The molecule has 1 aromatic heterocycles. The SMILES string of the molecule is Nc1cnc(Cl)nc1Oc1ccc(F)c(Cl)c1. The summed E-state index contributed by atoms with van der Waals surface area (Å²) in [5.74, 6) is -0.141. The van der Waals surface area contributed by atoms with E-state index >= 15 is 0 Å². The quantitative estimate of drug-likeness (QED) is 0.853. The summed E-state index contributed by atoms with van der Waals surface area (Å²) in [7, 11) is 0. The van der Waals surface area contributed by atoms with Crippen molar-refractivity contribution < 1.29 is 9.13 Å². The van der Waals surface area contributed by atoms with E-state index in [4.69, 9.17) is 33.7 Å². The maximum Gasteiger partial charge on any atom is 0.247 e. The summed E-state index contributed by atoms with van der Waals surface area (Å²) in [5, 5.41) is -0.0522. The van der Waals surface area contributed by atoms with Gasteiger partial charge in [-0.15, -0.1) is 0 Å². The molecule has 0 radical (unpaired) electrons. The zero-order valence-corrected chi connectivity index (χ0v) is 9.84. The second-order valence-corrected chi connectivity index (χ2v) is 3.82. The summed E-state index contributed by atoms with van der Waals surface area (Å²) in [6, 6.07) is 3.89. The number of anilines is 1. The molecular formula is C10H6Cl2FN3O. The Morgan fingerprint density at radius 2 is 2.06 bits per heavy atom. The number of nitrogens with two attached hydrogens (primary N) is 1. The molecule has 88 valence electrons. The zero-order valence-electron chi connectivity index (χ0n) is 8.32. The number of hydrogen-bond donors (Lipinski definition) is 1. The Morgan fingerprint density at radius 3 is 2.76 bits per heavy atom. The lowest BCUT2D eigenvalue weighted by atomic mass is 10.3. The van der Waals surface area contributed by atoms with Gasteiger partial charge in [-0.05, 0) is 23.7 Å². The Labute approximate surface area is 106 Å². The Balaban J connectivity index is 2.31. The van der Waals surface area contributed by atoms with E-state index in [1.54, 1.807) is 0 Å². The predicted octanol–water partition coefficient (Wildman–Crippen LogP) is 3.30. The largest absolute Gasteiger partial charge is 0.437 e. The number of ether oxygens (including phenoxy) is 1. The van der Waals surface area contributed by atoms with E-state index < -0.39 is 5.82 Å². The molecule has 0 fully saturated rings. The Morgan fingerprint density at radius 1 is 1.29 bits per heavy atom. The summed E-state index contributed by atoms with van der Waals surface area (Å²) >= 11 is 11.2. The van der Waals surface area contributed by atoms with Gasteiger partial charge in [0.2, 0.25) is 11.2 Å². The summed E-state index contributed by atoms with van der Waals surface area (Å²) in [5.41, 5.74) is 5.81. The van der Waals surface area contributed by atoms with Crippen LogP contribution in [0.15, 0.2) is 24.4 Å². The van der Waals surface area contributed by atoms with Gasteiger partial charge in [-0.3, -0.25) is 0 Å². The first-order valence-corrected chi connectivity index (χ1v) is 5.23. The van der Waals surface area contributed by atoms with Gasteiger partial charge in [0.15, 0.2) is 0 Å². The standard InChI is InChI=1S/C10H6Cl2FN3O/c11-6-3-5(1-2-7(6)13)17-9-8(14)4-15-10(12)16-9/h1-4H,14H2. The number of halogens is 3. The minimum absolute atomic E-state index is 0.00223. The van der Waals surface area contributed by atoms with E-state index in [0.29, 0.717) is 5.75 Å². The van der Waals surface area contributed by atoms with Gasteiger partial charge in [-0.1, -0.05) is 11.6 Å². The molecule has 0 saturated carbocycles. The Bertz CT molecular complexity index is 565. The molecule has 4 nitrogen and oxygen atoms in total. The molecule has 0 aliphatic carbocycles. The Hall–Kier alpha value is -1.59. The van der Waals surface area contributed by atoms with Gasteiger partial charge in [0.1, 0.15) is 17.3 Å². The third-order valence-electron chi connectivity index (χ3n) is 1.86. The van der Waals surface area contributed by atoms with Crippen LogP contribution < -0.4 is 10.5 Å². The van der Waals surface area contributed by atoms with E-state index in [-0.39, 0.29) is 21.9 Å². The number of nitrogens with zero attached hydrogens (tertiary/aromatic N) is 2. The number of aromatic nitrogens is 2. The normalized spacial score (nSPS) is 10.3. The topological polar surface area (TPSA) is 61.0 Å². The summed E-state index contributed by atoms with van der Waals surface area (Å²) in [4.78, 5) is 7.47. The Kier molecular flexibility index (Phi) is 3.31. The van der Waals surface area contributed by atoms with Crippen LogP contribution in [-0.4, -0.2) is 9.97 Å². The number of nitrogen functional groups attached to an aromatic ring is 1. The second-order valence-electron chi connectivity index (χ2n) is 3.08. The highest BCUT2D eigenvalue weighted by Crippen LogP contribution is 2.28. The van der Waals surface area contributed by atoms with Crippen molar-refractivity contribution >= 4 is 28.9 Å². The van der Waals surface area contributed by atoms with Crippen molar-refractivity contribution in [2.75, 3.05) is 5.73 Å². The first-order valence-electron chi connectivity index (χ1n) is 4.47. The molecular weight excluding hydrogens is 268 g/mol. The molecule has 0 saturated heterocycles. The van der Waals surface area contributed by atoms with Crippen LogP contribution >= 0.6 is 23.2 Å². The second kappa shape index (κ2) is 4.73. The average molecular weight is 274 g/mol. The predicted molar refractivity (Wildman–Crippen MR) is 62.9 cm³/mol. The molecule has 1 heterocycles. The van der Waals surface area contributed by atoms with Gasteiger partial charge in [0, 0.05) is 6.07 Å². The summed E-state index contributed by atoms with van der Waals surface area (Å²) in [6.07, 6.45) is 1.32. The fraction of sp³-hybridized carbons (Fsp3) is 0. The van der Waals surface area contributed by atoms with E-state index in [1.807, 2.05) is 0 Å². The molecule has 1 aromatic carbocycles. The smallest absolute Gasteiger partial charge is 0.247 e. The van der Waals surface area contributed by atoms with Gasteiger partial charge < -0.3 is 10.5 Å². The van der Waals surface area contributed by atoms with Crippen molar-refractivity contribution in [1.82, 2.24) is 9.97 Å². The summed E-state index contributed by atoms with van der Waals surface area (Å²) < 4.78 is 18.2. The number of hydrogen-bond acceptors (Lipinski definition) is 4.